The van der Waals surface area contributed by atoms with E-state index in [1.54, 1.807) is 16.7 Å². The van der Waals surface area contributed by atoms with E-state index in [0.717, 1.165) is 23.2 Å². The van der Waals surface area contributed by atoms with Gasteiger partial charge in [0.2, 0.25) is 5.91 Å². The molecule has 1 fully saturated rings. The number of ether oxygens (including phenoxy) is 1. The second-order valence-electron chi connectivity index (χ2n) is 8.48. The summed E-state index contributed by atoms with van der Waals surface area (Å²) < 4.78 is 5.64. The largest absolute Gasteiger partial charge is 0.455 e. The Balaban J connectivity index is 1.50. The number of likely N-dealkylation sites (tertiary alicyclic amines) is 1. The Bertz CT molecular complexity index is 980. The van der Waals surface area contributed by atoms with Gasteiger partial charge in [-0.05, 0) is 43.4 Å². The number of esters is 1. The molecule has 6 heteroatoms. The van der Waals surface area contributed by atoms with Gasteiger partial charge in [-0.2, -0.15) is 0 Å². The van der Waals surface area contributed by atoms with Gasteiger partial charge >= 0.3 is 5.97 Å². The van der Waals surface area contributed by atoms with Crippen molar-refractivity contribution in [1.29, 1.82) is 0 Å². The Hall–Kier alpha value is -3.15. The van der Waals surface area contributed by atoms with E-state index in [0.29, 0.717) is 25.9 Å². The predicted molar refractivity (Wildman–Crippen MR) is 118 cm³/mol. The third-order valence-electron chi connectivity index (χ3n) is 6.58. The lowest BCUT2D eigenvalue weighted by Gasteiger charge is -2.40. The zero-order valence-corrected chi connectivity index (χ0v) is 18.0. The minimum atomic E-state index is -0.845. The number of nitrogens with zero attached hydrogens (tertiary/aromatic N) is 2. The Labute approximate surface area is 182 Å². The number of carbonyl (C=O) groups excluding carboxylic acids is 3. The monoisotopic (exact) mass is 420 g/mol. The van der Waals surface area contributed by atoms with E-state index in [1.165, 1.54) is 0 Å². The first-order chi connectivity index (χ1) is 14.9. The molecule has 31 heavy (non-hydrogen) atoms. The molecular weight excluding hydrogens is 392 g/mol. The molecule has 0 saturated carbocycles. The molecule has 2 aromatic carbocycles. The smallest absolute Gasteiger partial charge is 0.317 e. The van der Waals surface area contributed by atoms with Gasteiger partial charge in [-0.15, -0.1) is 0 Å². The van der Waals surface area contributed by atoms with Crippen LogP contribution in [0.15, 0.2) is 54.6 Å². The molecule has 1 saturated heterocycles. The number of rotatable bonds is 4. The first-order valence-corrected chi connectivity index (χ1v) is 10.8. The van der Waals surface area contributed by atoms with Crippen molar-refractivity contribution in [3.05, 3.63) is 65.7 Å². The van der Waals surface area contributed by atoms with Crippen LogP contribution in [0, 0.1) is 0 Å². The number of hydrogen-bond donors (Lipinski definition) is 0. The molecule has 162 valence electrons. The summed E-state index contributed by atoms with van der Waals surface area (Å²) in [6, 6.07) is 17.4. The lowest BCUT2D eigenvalue weighted by atomic mass is 9.72. The van der Waals surface area contributed by atoms with Crippen molar-refractivity contribution in [2.24, 2.45) is 0 Å². The highest BCUT2D eigenvalue weighted by atomic mass is 16.5. The Morgan fingerprint density at radius 3 is 2.32 bits per heavy atom. The fourth-order valence-electron chi connectivity index (χ4n) is 4.85. The van der Waals surface area contributed by atoms with Crippen molar-refractivity contribution < 1.29 is 19.1 Å². The molecule has 2 aromatic rings. The summed E-state index contributed by atoms with van der Waals surface area (Å²) in [7, 11) is 0. The normalized spacial score (nSPS) is 19.6. The van der Waals surface area contributed by atoms with Gasteiger partial charge in [0.05, 0.1) is 5.41 Å². The number of piperidine rings is 1. The fraction of sp³-hybridized carbons (Fsp3) is 0.400. The number of benzene rings is 2. The van der Waals surface area contributed by atoms with Crippen LogP contribution in [0.25, 0.3) is 0 Å². The second-order valence-corrected chi connectivity index (χ2v) is 8.48. The van der Waals surface area contributed by atoms with Gasteiger partial charge in [0.15, 0.2) is 6.61 Å². The van der Waals surface area contributed by atoms with Gasteiger partial charge in [-0.3, -0.25) is 14.4 Å². The third kappa shape index (κ3) is 3.94. The molecule has 1 atom stereocenters. The highest BCUT2D eigenvalue weighted by Crippen LogP contribution is 2.37. The van der Waals surface area contributed by atoms with E-state index < -0.39 is 11.4 Å². The zero-order valence-electron chi connectivity index (χ0n) is 18.0. The van der Waals surface area contributed by atoms with Crippen molar-refractivity contribution >= 4 is 23.5 Å². The SMILES string of the molecule is CC(=O)N1CCC(C(=O)OCC(=O)N2c3ccccc3C[C@@H]2C)(c2ccccc2)CC1. The predicted octanol–water partition coefficient (Wildman–Crippen LogP) is 3.09. The molecule has 2 aliphatic heterocycles. The van der Waals surface area contributed by atoms with Gasteiger partial charge in [0, 0.05) is 31.7 Å². The van der Waals surface area contributed by atoms with Crippen LogP contribution < -0.4 is 4.90 Å². The van der Waals surface area contributed by atoms with Crippen LogP contribution in [0.2, 0.25) is 0 Å². The summed E-state index contributed by atoms with van der Waals surface area (Å²) in [6.45, 7) is 4.24. The van der Waals surface area contributed by atoms with Crippen molar-refractivity contribution in [3.8, 4) is 0 Å². The zero-order chi connectivity index (χ0) is 22.0. The van der Waals surface area contributed by atoms with E-state index in [4.69, 9.17) is 4.74 Å². The number of anilines is 1. The maximum Gasteiger partial charge on any atom is 0.317 e. The van der Waals surface area contributed by atoms with Crippen molar-refractivity contribution in [2.45, 2.75) is 44.6 Å². The number of para-hydroxylation sites is 1. The van der Waals surface area contributed by atoms with Crippen LogP contribution in [0.5, 0.6) is 0 Å². The fourth-order valence-corrected chi connectivity index (χ4v) is 4.85. The molecule has 2 aliphatic rings. The van der Waals surface area contributed by atoms with Crippen LogP contribution in [0.4, 0.5) is 5.69 Å². The highest BCUT2D eigenvalue weighted by Gasteiger charge is 2.45. The van der Waals surface area contributed by atoms with E-state index in [9.17, 15) is 14.4 Å². The molecule has 0 N–H and O–H groups in total. The number of hydrogen-bond acceptors (Lipinski definition) is 4. The van der Waals surface area contributed by atoms with Gasteiger partial charge < -0.3 is 14.5 Å². The Kier molecular flexibility index (Phi) is 5.81. The first-order valence-electron chi connectivity index (χ1n) is 10.8. The molecule has 2 heterocycles. The lowest BCUT2D eigenvalue weighted by molar-refractivity contribution is -0.157. The standard InChI is InChI=1S/C25H28N2O4/c1-18-16-20-8-6-7-11-22(20)27(18)23(29)17-31-24(30)25(21-9-4-3-5-10-21)12-14-26(15-13-25)19(2)28/h3-11,18H,12-17H2,1-2H3/t18-/m0/s1. The maximum atomic E-state index is 13.3. The van der Waals surface area contributed by atoms with E-state index >= 15 is 0 Å². The molecular formula is C25H28N2O4. The molecule has 6 nitrogen and oxygen atoms in total. The molecule has 0 spiro atoms. The summed E-state index contributed by atoms with van der Waals surface area (Å²) >= 11 is 0. The molecule has 0 aromatic heterocycles. The lowest BCUT2D eigenvalue weighted by Crippen LogP contribution is -2.50. The number of amides is 2. The molecule has 0 radical (unpaired) electrons. The average molecular weight is 421 g/mol. The summed E-state index contributed by atoms with van der Waals surface area (Å²) in [5, 5.41) is 0. The van der Waals surface area contributed by atoms with Crippen LogP contribution in [0.3, 0.4) is 0 Å². The van der Waals surface area contributed by atoms with Crippen LogP contribution in [-0.2, 0) is 31.0 Å². The average Bonchev–Trinajstić information content (AvgIpc) is 3.13. The Morgan fingerprint density at radius 2 is 1.65 bits per heavy atom. The van der Waals surface area contributed by atoms with Crippen LogP contribution >= 0.6 is 0 Å². The Morgan fingerprint density at radius 1 is 1.00 bits per heavy atom. The summed E-state index contributed by atoms with van der Waals surface area (Å²) in [6.07, 6.45) is 1.75. The van der Waals surface area contributed by atoms with Crippen molar-refractivity contribution in [1.82, 2.24) is 4.90 Å². The maximum absolute atomic E-state index is 13.3. The molecule has 2 amide bonds. The van der Waals surface area contributed by atoms with Crippen molar-refractivity contribution in [2.75, 3.05) is 24.6 Å². The van der Waals surface area contributed by atoms with E-state index in [-0.39, 0.29) is 24.5 Å². The van der Waals surface area contributed by atoms with Crippen molar-refractivity contribution in [3.63, 3.8) is 0 Å². The molecule has 4 rings (SSSR count). The van der Waals surface area contributed by atoms with Crippen LogP contribution in [-0.4, -0.2) is 48.4 Å². The minimum absolute atomic E-state index is 0.00638. The van der Waals surface area contributed by atoms with Gasteiger partial charge in [0.1, 0.15) is 0 Å². The quantitative estimate of drug-likeness (QED) is 0.713. The van der Waals surface area contributed by atoms with Gasteiger partial charge in [-0.1, -0.05) is 48.5 Å². The molecule has 0 aliphatic carbocycles. The summed E-state index contributed by atoms with van der Waals surface area (Å²) in [4.78, 5) is 41.6. The topological polar surface area (TPSA) is 66.9 Å². The van der Waals surface area contributed by atoms with E-state index in [1.807, 2.05) is 61.5 Å². The summed E-state index contributed by atoms with van der Waals surface area (Å²) in [5.41, 5.74) is 2.05. The summed E-state index contributed by atoms with van der Waals surface area (Å²) in [5.74, 6) is -0.600. The van der Waals surface area contributed by atoms with Crippen LogP contribution in [0.1, 0.15) is 37.8 Å². The van der Waals surface area contributed by atoms with Gasteiger partial charge in [-0.25, -0.2) is 0 Å². The first kappa shape index (κ1) is 21.1. The molecule has 0 bridgehead atoms. The third-order valence-corrected chi connectivity index (χ3v) is 6.58. The number of fused-ring (bicyclic) bond motifs is 1. The van der Waals surface area contributed by atoms with E-state index in [2.05, 4.69) is 0 Å². The second kappa shape index (κ2) is 8.53. The molecule has 0 unspecified atom stereocenters. The van der Waals surface area contributed by atoms with Gasteiger partial charge in [0.25, 0.3) is 5.91 Å². The minimum Gasteiger partial charge on any atom is -0.455 e. The highest BCUT2D eigenvalue weighted by molar-refractivity contribution is 5.98. The number of carbonyl (C=O) groups is 3.